The summed E-state index contributed by atoms with van der Waals surface area (Å²) in [6, 6.07) is 0. The molecule has 1 aliphatic heterocycles. The van der Waals surface area contributed by atoms with Crippen LogP contribution in [0, 0.1) is 11.8 Å². The fourth-order valence-electron chi connectivity index (χ4n) is 2.88. The number of amides is 1. The first-order valence-corrected chi connectivity index (χ1v) is 12.3. The predicted octanol–water partition coefficient (Wildman–Crippen LogP) is 1.36. The molecule has 2 rings (SSSR count). The lowest BCUT2D eigenvalue weighted by atomic mass is 10.1. The number of carbonyl (C=O) groups is 1. The van der Waals surface area contributed by atoms with Crippen LogP contribution in [0.1, 0.15) is 33.1 Å². The highest BCUT2D eigenvalue weighted by molar-refractivity contribution is 7.90. The van der Waals surface area contributed by atoms with Gasteiger partial charge in [0.15, 0.2) is 11.2 Å². The van der Waals surface area contributed by atoms with Gasteiger partial charge in [-0.25, -0.2) is 8.42 Å². The Morgan fingerprint density at radius 2 is 2.00 bits per heavy atom. The average Bonchev–Trinajstić information content (AvgIpc) is 3.49. The van der Waals surface area contributed by atoms with Gasteiger partial charge >= 0.3 is 0 Å². The summed E-state index contributed by atoms with van der Waals surface area (Å²) in [5.41, 5.74) is 3.25. The van der Waals surface area contributed by atoms with E-state index in [1.807, 2.05) is 30.0 Å². The topological polar surface area (TPSA) is 84.8 Å². The number of hydrogen-bond acceptors (Lipinski definition) is 5. The van der Waals surface area contributed by atoms with Gasteiger partial charge in [0.1, 0.15) is 12.8 Å². The van der Waals surface area contributed by atoms with Crippen molar-refractivity contribution in [1.82, 2.24) is 20.3 Å². The molecule has 1 fully saturated rings. The molecule has 0 spiro atoms. The van der Waals surface area contributed by atoms with Gasteiger partial charge in [0.2, 0.25) is 15.7 Å². The minimum Gasteiger partial charge on any atom is -0.282 e. The zero-order valence-electron chi connectivity index (χ0n) is 17.8. The number of hydrogen-bond donors (Lipinski definition) is 2. The van der Waals surface area contributed by atoms with Crippen molar-refractivity contribution in [2.75, 3.05) is 26.4 Å². The number of sulfonamides is 1. The molecule has 1 saturated carbocycles. The second-order valence-electron chi connectivity index (χ2n) is 7.56. The van der Waals surface area contributed by atoms with Crippen LogP contribution in [0.15, 0.2) is 23.9 Å². The SMILES string of the molecule is CCN(NS(=O)(=O)CC(=O)NN(C)C(=S)C1CC1)C(=S)C1=CC(C)CC=CC=[N+]1C. The van der Waals surface area contributed by atoms with Crippen molar-refractivity contribution in [3.05, 3.63) is 23.9 Å². The Bertz CT molecular complexity index is 891. The molecule has 1 atom stereocenters. The van der Waals surface area contributed by atoms with E-state index in [9.17, 15) is 13.2 Å². The van der Waals surface area contributed by atoms with Crippen LogP contribution < -0.4 is 10.3 Å². The summed E-state index contributed by atoms with van der Waals surface area (Å²) in [7, 11) is -0.486. The van der Waals surface area contributed by atoms with Gasteiger partial charge in [-0.05, 0) is 44.3 Å². The molecule has 0 aromatic rings. The molecule has 0 aromatic heterocycles. The fourth-order valence-corrected chi connectivity index (χ4v) is 4.64. The summed E-state index contributed by atoms with van der Waals surface area (Å²) in [5.74, 6) is -0.859. The second kappa shape index (κ2) is 10.6. The lowest BCUT2D eigenvalue weighted by molar-refractivity contribution is -0.429. The molecule has 0 saturated heterocycles. The van der Waals surface area contributed by atoms with Gasteiger partial charge in [-0.15, -0.1) is 4.83 Å². The molecule has 1 unspecified atom stereocenters. The number of rotatable bonds is 7. The van der Waals surface area contributed by atoms with Crippen molar-refractivity contribution in [1.29, 1.82) is 0 Å². The maximum Gasteiger partial charge on any atom is 0.255 e. The Morgan fingerprint density at radius 3 is 2.60 bits per heavy atom. The summed E-state index contributed by atoms with van der Waals surface area (Å²) in [4.78, 5) is 15.6. The highest BCUT2D eigenvalue weighted by atomic mass is 32.2. The number of hydrazine groups is 2. The fraction of sp³-hybridized carbons (Fsp3) is 0.579. The predicted molar refractivity (Wildman–Crippen MR) is 126 cm³/mol. The van der Waals surface area contributed by atoms with Gasteiger partial charge in [-0.3, -0.25) is 20.2 Å². The first-order valence-electron chi connectivity index (χ1n) is 9.87. The Morgan fingerprint density at radius 1 is 1.33 bits per heavy atom. The number of allylic oxidation sites excluding steroid dienone is 3. The lowest BCUT2D eigenvalue weighted by Crippen LogP contribution is -2.51. The van der Waals surface area contributed by atoms with Crippen LogP contribution in [0.5, 0.6) is 0 Å². The zero-order valence-corrected chi connectivity index (χ0v) is 20.2. The molecule has 1 heterocycles. The monoisotopic (exact) mass is 472 g/mol. The van der Waals surface area contributed by atoms with Crippen molar-refractivity contribution in [3.8, 4) is 0 Å². The molecular weight excluding hydrogens is 442 g/mol. The van der Waals surface area contributed by atoms with Crippen molar-refractivity contribution >= 4 is 56.6 Å². The Labute approximate surface area is 189 Å². The lowest BCUT2D eigenvalue weighted by Gasteiger charge is -2.25. The second-order valence-corrected chi connectivity index (χ2v) is 10.1. The molecule has 1 amide bonds. The van der Waals surface area contributed by atoms with Crippen LogP contribution >= 0.6 is 24.4 Å². The third kappa shape index (κ3) is 7.22. The zero-order chi connectivity index (χ0) is 22.5. The van der Waals surface area contributed by atoms with E-state index in [2.05, 4.69) is 23.3 Å². The molecule has 0 bridgehead atoms. The standard InChI is InChI=1S/C19H29N5O3S3/c1-5-24(19(29)16-12-14(2)8-6-7-11-22(16)3)21-30(26,27)13-17(25)20-23(4)18(28)15-9-10-15/h6-7,11-12,14-15,21H,5,8-10,13H2,1-4H3/p+1. The van der Waals surface area contributed by atoms with Crippen LogP contribution in [0.3, 0.4) is 0 Å². The van der Waals surface area contributed by atoms with E-state index >= 15 is 0 Å². The highest BCUT2D eigenvalue weighted by Gasteiger charge is 2.30. The molecule has 0 radical (unpaired) electrons. The van der Waals surface area contributed by atoms with E-state index in [0.29, 0.717) is 16.5 Å². The molecule has 30 heavy (non-hydrogen) atoms. The summed E-state index contributed by atoms with van der Waals surface area (Å²) in [5, 5.41) is 2.79. The van der Waals surface area contributed by atoms with Gasteiger partial charge in [0.25, 0.3) is 5.91 Å². The summed E-state index contributed by atoms with van der Waals surface area (Å²) >= 11 is 10.8. The average molecular weight is 473 g/mol. The molecule has 166 valence electrons. The van der Waals surface area contributed by atoms with Crippen molar-refractivity contribution < 1.29 is 17.8 Å². The van der Waals surface area contributed by atoms with Crippen molar-refractivity contribution in [3.63, 3.8) is 0 Å². The van der Waals surface area contributed by atoms with Gasteiger partial charge in [0, 0.05) is 19.5 Å². The van der Waals surface area contributed by atoms with E-state index in [1.165, 1.54) is 10.0 Å². The maximum absolute atomic E-state index is 12.6. The number of likely N-dealkylation sites (N-methyl/N-ethyl adjacent to an activating group) is 2. The molecular formula is C19H30N5O3S3+. The quantitative estimate of drug-likeness (QED) is 0.329. The van der Waals surface area contributed by atoms with E-state index in [4.69, 9.17) is 24.4 Å². The van der Waals surface area contributed by atoms with E-state index in [0.717, 1.165) is 25.0 Å². The minimum absolute atomic E-state index is 0.247. The molecule has 2 N–H and O–H groups in total. The number of carbonyl (C=O) groups excluding carboxylic acids is 1. The number of thiocarbonyl (C=S) groups is 2. The van der Waals surface area contributed by atoms with E-state index in [1.54, 1.807) is 14.0 Å². The smallest absolute Gasteiger partial charge is 0.255 e. The molecule has 8 nitrogen and oxygen atoms in total. The minimum atomic E-state index is -3.96. The van der Waals surface area contributed by atoms with E-state index < -0.39 is 21.7 Å². The number of nitrogens with one attached hydrogen (secondary N) is 2. The molecule has 1 aliphatic carbocycles. The van der Waals surface area contributed by atoms with Crippen molar-refractivity contribution in [2.24, 2.45) is 11.8 Å². The first kappa shape index (κ1) is 24.6. The third-order valence-electron chi connectivity index (χ3n) is 4.68. The molecule has 0 aromatic carbocycles. The Kier molecular flexibility index (Phi) is 8.65. The Balaban J connectivity index is 2.04. The van der Waals surface area contributed by atoms with E-state index in [-0.39, 0.29) is 11.8 Å². The van der Waals surface area contributed by atoms with Crippen molar-refractivity contribution in [2.45, 2.75) is 33.1 Å². The first-order chi connectivity index (χ1) is 14.0. The van der Waals surface area contributed by atoms with Crippen LogP contribution in [0.4, 0.5) is 0 Å². The largest absolute Gasteiger partial charge is 0.282 e. The highest BCUT2D eigenvalue weighted by Crippen LogP contribution is 2.31. The van der Waals surface area contributed by atoms with Crippen LogP contribution in [-0.4, -0.2) is 71.5 Å². The van der Waals surface area contributed by atoms with Crippen LogP contribution in [-0.2, 0) is 14.8 Å². The maximum atomic E-state index is 12.6. The van der Waals surface area contributed by atoms with Gasteiger partial charge in [-0.1, -0.05) is 37.4 Å². The third-order valence-corrected chi connectivity index (χ3v) is 6.85. The van der Waals surface area contributed by atoms with Gasteiger partial charge in [0.05, 0.1) is 4.99 Å². The van der Waals surface area contributed by atoms with Crippen LogP contribution in [0.2, 0.25) is 0 Å². The number of nitrogens with zero attached hydrogens (tertiary/aromatic N) is 3. The normalized spacial score (nSPS) is 19.1. The molecule has 2 aliphatic rings. The summed E-state index contributed by atoms with van der Waals surface area (Å²) in [6.07, 6.45) is 10.8. The summed E-state index contributed by atoms with van der Waals surface area (Å²) < 4.78 is 27.0. The molecule has 11 heteroatoms. The summed E-state index contributed by atoms with van der Waals surface area (Å²) in [6.45, 7) is 4.16. The Hall–Kier alpha value is -1.69. The van der Waals surface area contributed by atoms with Gasteiger partial charge < -0.3 is 0 Å². The van der Waals surface area contributed by atoms with Gasteiger partial charge in [-0.2, -0.15) is 4.58 Å². The van der Waals surface area contributed by atoms with Crippen LogP contribution in [0.25, 0.3) is 0 Å².